The summed E-state index contributed by atoms with van der Waals surface area (Å²) >= 11 is 0. The Bertz CT molecular complexity index is 308. The molecule has 0 aliphatic carbocycles. The number of nitrogens with zero attached hydrogens (tertiary/aromatic N) is 1. The van der Waals surface area contributed by atoms with Crippen LogP contribution in [0.15, 0.2) is 24.3 Å². The normalized spacial score (nSPS) is 11.1. The molecule has 0 bridgehead atoms. The van der Waals surface area contributed by atoms with E-state index in [0.29, 0.717) is 12.4 Å². The van der Waals surface area contributed by atoms with Gasteiger partial charge in [0, 0.05) is 12.6 Å². The van der Waals surface area contributed by atoms with Crippen molar-refractivity contribution in [3.05, 3.63) is 30.0 Å². The van der Waals surface area contributed by atoms with E-state index in [1.165, 1.54) is 0 Å². The van der Waals surface area contributed by atoms with Crippen LogP contribution in [0.25, 0.3) is 6.08 Å². The lowest BCUT2D eigenvalue weighted by Gasteiger charge is -2.08. The maximum Gasteiger partial charge on any atom is 0.213 e. The molecule has 1 rings (SSSR count). The smallest absolute Gasteiger partial charge is 0.213 e. The molecule has 1 heterocycles. The van der Waals surface area contributed by atoms with E-state index in [4.69, 9.17) is 10.5 Å². The van der Waals surface area contributed by atoms with Crippen molar-refractivity contribution < 1.29 is 4.74 Å². The molecule has 0 unspecified atom stereocenters. The maximum absolute atomic E-state index is 5.46. The SMILES string of the molecule is CC(C)Oc1cccc(/C=C/CN)n1. The summed E-state index contributed by atoms with van der Waals surface area (Å²) in [6.45, 7) is 4.48. The average molecular weight is 192 g/mol. The second kappa shape index (κ2) is 5.40. The molecule has 0 aliphatic rings. The van der Waals surface area contributed by atoms with Gasteiger partial charge in [0.1, 0.15) is 0 Å². The van der Waals surface area contributed by atoms with E-state index in [0.717, 1.165) is 5.69 Å². The Morgan fingerprint density at radius 2 is 2.29 bits per heavy atom. The van der Waals surface area contributed by atoms with Gasteiger partial charge in [-0.15, -0.1) is 0 Å². The highest BCUT2D eigenvalue weighted by molar-refractivity contribution is 5.45. The van der Waals surface area contributed by atoms with Crippen LogP contribution < -0.4 is 10.5 Å². The molecule has 14 heavy (non-hydrogen) atoms. The highest BCUT2D eigenvalue weighted by atomic mass is 16.5. The van der Waals surface area contributed by atoms with Gasteiger partial charge in [0.15, 0.2) is 0 Å². The first-order valence-electron chi connectivity index (χ1n) is 4.72. The Labute approximate surface area is 84.6 Å². The zero-order valence-corrected chi connectivity index (χ0v) is 8.60. The van der Waals surface area contributed by atoms with Gasteiger partial charge in [-0.3, -0.25) is 0 Å². The summed E-state index contributed by atoms with van der Waals surface area (Å²) < 4.78 is 5.46. The van der Waals surface area contributed by atoms with E-state index in [9.17, 15) is 0 Å². The van der Waals surface area contributed by atoms with Gasteiger partial charge >= 0.3 is 0 Å². The average Bonchev–Trinajstić information content (AvgIpc) is 2.14. The minimum absolute atomic E-state index is 0.149. The summed E-state index contributed by atoms with van der Waals surface area (Å²) in [4.78, 5) is 4.29. The van der Waals surface area contributed by atoms with Crippen molar-refractivity contribution >= 4 is 6.08 Å². The summed E-state index contributed by atoms with van der Waals surface area (Å²) in [5.74, 6) is 0.652. The molecule has 0 fully saturated rings. The van der Waals surface area contributed by atoms with Gasteiger partial charge in [-0.2, -0.15) is 0 Å². The molecule has 2 N–H and O–H groups in total. The van der Waals surface area contributed by atoms with Crippen LogP contribution in [0.5, 0.6) is 5.88 Å². The quantitative estimate of drug-likeness (QED) is 0.791. The number of ether oxygens (including phenoxy) is 1. The summed E-state index contributed by atoms with van der Waals surface area (Å²) in [7, 11) is 0. The molecule has 76 valence electrons. The molecule has 0 saturated carbocycles. The molecule has 1 aromatic rings. The first kappa shape index (κ1) is 10.7. The van der Waals surface area contributed by atoms with Gasteiger partial charge in [0.2, 0.25) is 5.88 Å². The molecular formula is C11H16N2O. The second-order valence-corrected chi connectivity index (χ2v) is 3.21. The number of hydrogen-bond acceptors (Lipinski definition) is 3. The molecule has 3 heteroatoms. The predicted molar refractivity (Wildman–Crippen MR) is 58.1 cm³/mol. The van der Waals surface area contributed by atoms with Crippen molar-refractivity contribution in [2.75, 3.05) is 6.54 Å². The summed E-state index contributed by atoms with van der Waals surface area (Å²) in [6.07, 6.45) is 3.89. The van der Waals surface area contributed by atoms with Gasteiger partial charge in [0.25, 0.3) is 0 Å². The van der Waals surface area contributed by atoms with Crippen molar-refractivity contribution in [1.82, 2.24) is 4.98 Å². The fraction of sp³-hybridized carbons (Fsp3) is 0.364. The van der Waals surface area contributed by atoms with Crippen LogP contribution >= 0.6 is 0 Å². The number of hydrogen-bond donors (Lipinski definition) is 1. The standard InChI is InChI=1S/C11H16N2O/c1-9(2)14-11-7-3-5-10(13-11)6-4-8-12/h3-7,9H,8,12H2,1-2H3/b6-4+. The topological polar surface area (TPSA) is 48.1 Å². The van der Waals surface area contributed by atoms with E-state index in [2.05, 4.69) is 4.98 Å². The van der Waals surface area contributed by atoms with Gasteiger partial charge in [-0.05, 0) is 26.0 Å². The second-order valence-electron chi connectivity index (χ2n) is 3.21. The van der Waals surface area contributed by atoms with E-state index < -0.39 is 0 Å². The number of aromatic nitrogens is 1. The van der Waals surface area contributed by atoms with Crippen molar-refractivity contribution in [1.29, 1.82) is 0 Å². The third-order valence-corrected chi connectivity index (χ3v) is 1.53. The van der Waals surface area contributed by atoms with E-state index in [1.54, 1.807) is 0 Å². The molecule has 0 saturated heterocycles. The largest absolute Gasteiger partial charge is 0.475 e. The zero-order valence-electron chi connectivity index (χ0n) is 8.60. The molecule has 3 nitrogen and oxygen atoms in total. The first-order valence-corrected chi connectivity index (χ1v) is 4.72. The van der Waals surface area contributed by atoms with Gasteiger partial charge in [-0.25, -0.2) is 4.98 Å². The molecule has 0 radical (unpaired) electrons. The first-order chi connectivity index (χ1) is 6.72. The summed E-state index contributed by atoms with van der Waals surface area (Å²) in [5.41, 5.74) is 6.22. The lowest BCUT2D eigenvalue weighted by Crippen LogP contribution is -2.06. The maximum atomic E-state index is 5.46. The minimum Gasteiger partial charge on any atom is -0.475 e. The van der Waals surface area contributed by atoms with Crippen molar-refractivity contribution in [2.45, 2.75) is 20.0 Å². The van der Waals surface area contributed by atoms with Crippen LogP contribution in [0.2, 0.25) is 0 Å². The molecule has 0 spiro atoms. The van der Waals surface area contributed by atoms with E-state index >= 15 is 0 Å². The molecule has 0 atom stereocenters. The Kier molecular flexibility index (Phi) is 4.13. The predicted octanol–water partition coefficient (Wildman–Crippen LogP) is 1.84. The lowest BCUT2D eigenvalue weighted by molar-refractivity contribution is 0.232. The third kappa shape index (κ3) is 3.58. The fourth-order valence-corrected chi connectivity index (χ4v) is 1.02. The monoisotopic (exact) mass is 192 g/mol. The van der Waals surface area contributed by atoms with Crippen molar-refractivity contribution in [3.8, 4) is 5.88 Å². The van der Waals surface area contributed by atoms with Crippen LogP contribution in [0.3, 0.4) is 0 Å². The van der Waals surface area contributed by atoms with E-state index in [-0.39, 0.29) is 6.10 Å². The molecular weight excluding hydrogens is 176 g/mol. The Morgan fingerprint density at radius 3 is 2.93 bits per heavy atom. The number of nitrogens with two attached hydrogens (primary N) is 1. The van der Waals surface area contributed by atoms with Gasteiger partial charge in [0.05, 0.1) is 11.8 Å². The summed E-state index contributed by atoms with van der Waals surface area (Å²) in [6, 6.07) is 5.68. The Balaban J connectivity index is 2.73. The minimum atomic E-state index is 0.149. The third-order valence-electron chi connectivity index (χ3n) is 1.53. The van der Waals surface area contributed by atoms with Crippen LogP contribution in [-0.2, 0) is 0 Å². The highest BCUT2D eigenvalue weighted by Crippen LogP contribution is 2.10. The van der Waals surface area contributed by atoms with Gasteiger partial charge in [-0.1, -0.05) is 12.1 Å². The van der Waals surface area contributed by atoms with Crippen molar-refractivity contribution in [3.63, 3.8) is 0 Å². The van der Waals surface area contributed by atoms with Crippen molar-refractivity contribution in [2.24, 2.45) is 5.73 Å². The molecule has 0 aliphatic heterocycles. The van der Waals surface area contributed by atoms with Gasteiger partial charge < -0.3 is 10.5 Å². The Hall–Kier alpha value is -1.35. The fourth-order valence-electron chi connectivity index (χ4n) is 1.02. The molecule has 1 aromatic heterocycles. The van der Waals surface area contributed by atoms with Crippen LogP contribution in [0.1, 0.15) is 19.5 Å². The van der Waals surface area contributed by atoms with Crippen LogP contribution in [0.4, 0.5) is 0 Å². The summed E-state index contributed by atoms with van der Waals surface area (Å²) in [5, 5.41) is 0. The van der Waals surface area contributed by atoms with E-state index in [1.807, 2.05) is 44.2 Å². The zero-order chi connectivity index (χ0) is 10.4. The molecule has 0 amide bonds. The lowest BCUT2D eigenvalue weighted by atomic mass is 10.3. The Morgan fingerprint density at radius 1 is 1.50 bits per heavy atom. The van der Waals surface area contributed by atoms with Crippen LogP contribution in [-0.4, -0.2) is 17.6 Å². The van der Waals surface area contributed by atoms with Crippen LogP contribution in [0, 0.1) is 0 Å². The highest BCUT2D eigenvalue weighted by Gasteiger charge is 1.98. The number of rotatable bonds is 4. The number of pyridine rings is 1. The molecule has 0 aromatic carbocycles.